The van der Waals surface area contributed by atoms with Crippen molar-refractivity contribution in [2.75, 3.05) is 32.7 Å². The molecule has 3 heterocycles. The monoisotopic (exact) mass is 527 g/mol. The fraction of sp³-hybridized carbons (Fsp3) is 0.323. The van der Waals surface area contributed by atoms with Crippen molar-refractivity contribution in [1.29, 1.82) is 0 Å². The van der Waals surface area contributed by atoms with Gasteiger partial charge in [0.05, 0.1) is 6.54 Å². The maximum atomic E-state index is 13.2. The summed E-state index contributed by atoms with van der Waals surface area (Å²) in [4.78, 5) is 36.1. The van der Waals surface area contributed by atoms with Gasteiger partial charge in [0.2, 0.25) is 5.91 Å². The first-order valence-electron chi connectivity index (χ1n) is 13.4. The minimum atomic E-state index is -0.289. The Kier molecular flexibility index (Phi) is 8.32. The van der Waals surface area contributed by atoms with Gasteiger partial charge in [-0.25, -0.2) is 4.39 Å². The van der Waals surface area contributed by atoms with Gasteiger partial charge >= 0.3 is 0 Å². The van der Waals surface area contributed by atoms with Crippen LogP contribution in [0.1, 0.15) is 40.0 Å². The second kappa shape index (κ2) is 12.2. The van der Waals surface area contributed by atoms with Crippen molar-refractivity contribution in [3.63, 3.8) is 0 Å². The lowest BCUT2D eigenvalue weighted by Crippen LogP contribution is -2.48. The van der Waals surface area contributed by atoms with E-state index in [0.29, 0.717) is 31.0 Å². The van der Waals surface area contributed by atoms with Gasteiger partial charge in [-0.2, -0.15) is 0 Å². The molecule has 7 nitrogen and oxygen atoms in total. The number of piperazine rings is 1. The van der Waals surface area contributed by atoms with Crippen molar-refractivity contribution in [3.05, 3.63) is 108 Å². The van der Waals surface area contributed by atoms with E-state index in [2.05, 4.69) is 46.0 Å². The second-order valence-corrected chi connectivity index (χ2v) is 10.3. The number of halogens is 1. The van der Waals surface area contributed by atoms with E-state index in [9.17, 15) is 14.0 Å². The summed E-state index contributed by atoms with van der Waals surface area (Å²) in [5.74, 6) is -0.466. The molecular formula is C31H34FN5O2. The highest BCUT2D eigenvalue weighted by Crippen LogP contribution is 2.21. The SMILES string of the molecule is C=C(c1ccc(C(=O)NC2CCN(Cc3ccccc3)CC2)nc1)N1CCN(Cc2ccc(F)cc2)C(=O)C1. The van der Waals surface area contributed by atoms with Crippen LogP contribution in [0.5, 0.6) is 0 Å². The highest BCUT2D eigenvalue weighted by Gasteiger charge is 2.26. The third kappa shape index (κ3) is 6.89. The molecule has 8 heteroatoms. The average molecular weight is 528 g/mol. The number of amides is 2. The number of nitrogens with zero attached hydrogens (tertiary/aromatic N) is 4. The van der Waals surface area contributed by atoms with Crippen molar-refractivity contribution in [2.45, 2.75) is 32.0 Å². The van der Waals surface area contributed by atoms with Crippen LogP contribution in [0.4, 0.5) is 4.39 Å². The first kappa shape index (κ1) is 26.6. The zero-order valence-corrected chi connectivity index (χ0v) is 22.1. The maximum absolute atomic E-state index is 13.2. The van der Waals surface area contributed by atoms with Gasteiger partial charge in [0.1, 0.15) is 11.5 Å². The molecule has 0 saturated carbocycles. The van der Waals surface area contributed by atoms with Crippen LogP contribution in [-0.2, 0) is 17.9 Å². The molecule has 2 fully saturated rings. The number of piperidine rings is 1. The summed E-state index contributed by atoms with van der Waals surface area (Å²) in [6, 6.07) is 20.3. The van der Waals surface area contributed by atoms with Gasteiger partial charge in [-0.1, -0.05) is 49.0 Å². The summed E-state index contributed by atoms with van der Waals surface area (Å²) >= 11 is 0. The van der Waals surface area contributed by atoms with E-state index in [-0.39, 0.29) is 30.2 Å². The van der Waals surface area contributed by atoms with E-state index in [0.717, 1.165) is 43.6 Å². The van der Waals surface area contributed by atoms with E-state index >= 15 is 0 Å². The zero-order chi connectivity index (χ0) is 27.2. The summed E-state index contributed by atoms with van der Waals surface area (Å²) in [7, 11) is 0. The van der Waals surface area contributed by atoms with Gasteiger partial charge in [-0.3, -0.25) is 19.5 Å². The topological polar surface area (TPSA) is 68.8 Å². The Labute approximate surface area is 228 Å². The zero-order valence-electron chi connectivity index (χ0n) is 22.1. The third-order valence-electron chi connectivity index (χ3n) is 7.49. The van der Waals surface area contributed by atoms with Crippen LogP contribution in [0.3, 0.4) is 0 Å². The molecule has 202 valence electrons. The molecule has 39 heavy (non-hydrogen) atoms. The van der Waals surface area contributed by atoms with Crippen LogP contribution in [-0.4, -0.2) is 70.3 Å². The van der Waals surface area contributed by atoms with Gasteiger partial charge in [0.15, 0.2) is 0 Å². The van der Waals surface area contributed by atoms with Gasteiger partial charge in [-0.15, -0.1) is 0 Å². The molecule has 5 rings (SSSR count). The maximum Gasteiger partial charge on any atom is 0.270 e. The fourth-order valence-electron chi connectivity index (χ4n) is 5.13. The van der Waals surface area contributed by atoms with Crippen LogP contribution in [0.25, 0.3) is 5.70 Å². The molecule has 2 amide bonds. The van der Waals surface area contributed by atoms with Crippen LogP contribution in [0, 0.1) is 5.82 Å². The van der Waals surface area contributed by atoms with Crippen LogP contribution in [0.2, 0.25) is 0 Å². The van der Waals surface area contributed by atoms with Gasteiger partial charge in [0.25, 0.3) is 5.91 Å². The molecule has 0 radical (unpaired) electrons. The Morgan fingerprint density at radius 2 is 1.64 bits per heavy atom. The van der Waals surface area contributed by atoms with Gasteiger partial charge in [-0.05, 0) is 48.2 Å². The molecule has 3 aromatic rings. The Bertz CT molecular complexity index is 1290. The number of carbonyl (C=O) groups is 2. The quantitative estimate of drug-likeness (QED) is 0.481. The second-order valence-electron chi connectivity index (χ2n) is 10.3. The van der Waals surface area contributed by atoms with E-state index in [4.69, 9.17) is 0 Å². The minimum Gasteiger partial charge on any atom is -0.360 e. The van der Waals surface area contributed by atoms with Crippen molar-refractivity contribution in [3.8, 4) is 0 Å². The third-order valence-corrected chi connectivity index (χ3v) is 7.49. The molecule has 0 atom stereocenters. The number of hydrogen-bond acceptors (Lipinski definition) is 5. The van der Waals surface area contributed by atoms with Crippen molar-refractivity contribution in [2.24, 2.45) is 0 Å². The van der Waals surface area contributed by atoms with Gasteiger partial charge < -0.3 is 15.1 Å². The number of carbonyl (C=O) groups excluding carboxylic acids is 2. The Morgan fingerprint density at radius 3 is 2.31 bits per heavy atom. The predicted octanol–water partition coefficient (Wildman–Crippen LogP) is 3.93. The molecule has 2 aromatic carbocycles. The molecule has 0 spiro atoms. The number of aromatic nitrogens is 1. The lowest BCUT2D eigenvalue weighted by atomic mass is 10.0. The molecule has 1 N–H and O–H groups in total. The number of likely N-dealkylation sites (tertiary alicyclic amines) is 1. The Morgan fingerprint density at radius 1 is 0.923 bits per heavy atom. The summed E-state index contributed by atoms with van der Waals surface area (Å²) < 4.78 is 13.2. The van der Waals surface area contributed by atoms with Crippen molar-refractivity contribution in [1.82, 2.24) is 25.0 Å². The number of benzene rings is 2. The molecule has 0 unspecified atom stereocenters. The van der Waals surface area contributed by atoms with E-state index in [1.807, 2.05) is 17.0 Å². The summed E-state index contributed by atoms with van der Waals surface area (Å²) in [6.45, 7) is 8.86. The normalized spacial score (nSPS) is 16.8. The van der Waals surface area contributed by atoms with Crippen LogP contribution < -0.4 is 5.32 Å². The Hall–Kier alpha value is -4.04. The first-order valence-corrected chi connectivity index (χ1v) is 13.4. The van der Waals surface area contributed by atoms with Crippen LogP contribution in [0.15, 0.2) is 79.5 Å². The summed E-state index contributed by atoms with van der Waals surface area (Å²) in [5, 5.41) is 3.13. The largest absolute Gasteiger partial charge is 0.360 e. The highest BCUT2D eigenvalue weighted by atomic mass is 19.1. The molecule has 1 aromatic heterocycles. The average Bonchev–Trinajstić information content (AvgIpc) is 2.96. The molecule has 2 aliphatic rings. The molecule has 2 saturated heterocycles. The molecule has 0 aliphatic carbocycles. The molecule has 0 bridgehead atoms. The lowest BCUT2D eigenvalue weighted by molar-refractivity contribution is -0.135. The van der Waals surface area contributed by atoms with Gasteiger partial charge in [0, 0.05) is 62.8 Å². The standard InChI is InChI=1S/C31H34FN5O2/c1-23(36-17-18-37(30(38)22-36)21-25-7-10-27(32)11-8-25)26-9-12-29(33-19-26)31(39)34-28-13-15-35(16-14-28)20-24-5-3-2-4-6-24/h2-12,19,28H,1,13-18,20-22H2,(H,34,39). The minimum absolute atomic E-state index is 0.00880. The highest BCUT2D eigenvalue weighted by molar-refractivity contribution is 5.92. The molecular weight excluding hydrogens is 493 g/mol. The lowest BCUT2D eigenvalue weighted by Gasteiger charge is -2.36. The molecule has 2 aliphatic heterocycles. The van der Waals surface area contributed by atoms with E-state index in [1.165, 1.54) is 17.7 Å². The predicted molar refractivity (Wildman–Crippen MR) is 149 cm³/mol. The van der Waals surface area contributed by atoms with Crippen molar-refractivity contribution >= 4 is 17.5 Å². The van der Waals surface area contributed by atoms with E-state index in [1.54, 1.807) is 29.3 Å². The number of pyridine rings is 1. The van der Waals surface area contributed by atoms with Crippen LogP contribution >= 0.6 is 0 Å². The number of hydrogen-bond donors (Lipinski definition) is 1. The fourth-order valence-corrected chi connectivity index (χ4v) is 5.13. The number of rotatable bonds is 8. The van der Waals surface area contributed by atoms with Crippen molar-refractivity contribution < 1.29 is 14.0 Å². The first-order chi connectivity index (χ1) is 18.9. The summed E-state index contributed by atoms with van der Waals surface area (Å²) in [5.41, 5.74) is 4.06. The summed E-state index contributed by atoms with van der Waals surface area (Å²) in [6.07, 6.45) is 3.47. The Balaban J connectivity index is 1.08. The van der Waals surface area contributed by atoms with E-state index < -0.39 is 0 Å². The number of nitrogens with one attached hydrogen (secondary N) is 1. The smallest absolute Gasteiger partial charge is 0.270 e.